The Morgan fingerprint density at radius 2 is 2.09 bits per heavy atom. The van der Waals surface area contributed by atoms with E-state index >= 15 is 0 Å². The van der Waals surface area contributed by atoms with Crippen molar-refractivity contribution in [3.05, 3.63) is 22.9 Å². The molecule has 0 radical (unpaired) electrons. The fourth-order valence-electron chi connectivity index (χ4n) is 2.73. The maximum atomic E-state index is 12.6. The summed E-state index contributed by atoms with van der Waals surface area (Å²) < 4.78 is 0. The van der Waals surface area contributed by atoms with E-state index in [1.807, 2.05) is 31.7 Å². The van der Waals surface area contributed by atoms with Crippen molar-refractivity contribution in [2.75, 3.05) is 13.1 Å². The lowest BCUT2D eigenvalue weighted by atomic mass is 9.99. The predicted octanol–water partition coefficient (Wildman–Crippen LogP) is 3.31. The van der Waals surface area contributed by atoms with E-state index in [-0.39, 0.29) is 11.2 Å². The predicted molar refractivity (Wildman–Crippen MR) is 88.7 cm³/mol. The average molecular weight is 317 g/mol. The number of nitrogens with zero attached hydrogens (tertiary/aromatic N) is 3. The van der Waals surface area contributed by atoms with Gasteiger partial charge >= 0.3 is 0 Å². The number of aromatic nitrogens is 1. The number of pyridine rings is 1. The Balaban J connectivity index is 2.10. The number of thioether (sulfide) groups is 1. The van der Waals surface area contributed by atoms with Crippen LogP contribution in [0.4, 0.5) is 0 Å². The quantitative estimate of drug-likeness (QED) is 0.803. The Labute approximate surface area is 136 Å². The number of aryl methyl sites for hydroxylation is 2. The van der Waals surface area contributed by atoms with Crippen molar-refractivity contribution in [2.24, 2.45) is 5.92 Å². The van der Waals surface area contributed by atoms with E-state index in [0.29, 0.717) is 16.5 Å². The van der Waals surface area contributed by atoms with Gasteiger partial charge in [0.1, 0.15) is 11.1 Å². The first-order valence-corrected chi connectivity index (χ1v) is 8.64. The molecule has 2 heterocycles. The number of amides is 1. The van der Waals surface area contributed by atoms with Crippen molar-refractivity contribution in [3.8, 4) is 6.07 Å². The molecule has 1 aromatic rings. The molecule has 5 heteroatoms. The van der Waals surface area contributed by atoms with E-state index in [2.05, 4.69) is 18.0 Å². The van der Waals surface area contributed by atoms with E-state index < -0.39 is 0 Å². The molecule has 4 nitrogen and oxygen atoms in total. The van der Waals surface area contributed by atoms with Gasteiger partial charge in [0.2, 0.25) is 5.91 Å². The summed E-state index contributed by atoms with van der Waals surface area (Å²) in [6.07, 6.45) is 2.16. The number of rotatable bonds is 3. The van der Waals surface area contributed by atoms with E-state index in [0.717, 1.165) is 37.2 Å². The van der Waals surface area contributed by atoms with Crippen LogP contribution in [0.5, 0.6) is 0 Å². The van der Waals surface area contributed by atoms with Gasteiger partial charge in [0.25, 0.3) is 0 Å². The standard InChI is InChI=1S/C17H23N3OS/c1-11-5-7-20(8-6-11)17(21)14(4)22-16-15(10-18)12(2)9-13(3)19-16/h9,11,14H,5-8H2,1-4H3. The smallest absolute Gasteiger partial charge is 0.235 e. The molecule has 1 amide bonds. The molecular formula is C17H23N3OS. The number of piperidine rings is 1. The maximum Gasteiger partial charge on any atom is 0.235 e. The van der Waals surface area contributed by atoms with Gasteiger partial charge in [-0.25, -0.2) is 4.98 Å². The van der Waals surface area contributed by atoms with Crippen LogP contribution in [-0.4, -0.2) is 34.1 Å². The SMILES string of the molecule is Cc1cc(C)c(C#N)c(SC(C)C(=O)N2CCC(C)CC2)n1. The molecule has 0 spiro atoms. The Bertz CT molecular complexity index is 601. The minimum absolute atomic E-state index is 0.154. The van der Waals surface area contributed by atoms with Crippen molar-refractivity contribution in [1.82, 2.24) is 9.88 Å². The summed E-state index contributed by atoms with van der Waals surface area (Å²) >= 11 is 1.40. The zero-order valence-corrected chi connectivity index (χ0v) is 14.5. The molecule has 2 rings (SSSR count). The lowest BCUT2D eigenvalue weighted by Gasteiger charge is -2.32. The number of hydrogen-bond donors (Lipinski definition) is 0. The largest absolute Gasteiger partial charge is 0.342 e. The molecule has 0 N–H and O–H groups in total. The first kappa shape index (κ1) is 16.8. The minimum atomic E-state index is -0.214. The number of hydrogen-bond acceptors (Lipinski definition) is 4. The Morgan fingerprint density at radius 3 is 2.68 bits per heavy atom. The van der Waals surface area contributed by atoms with Crippen molar-refractivity contribution in [1.29, 1.82) is 5.26 Å². The zero-order valence-electron chi connectivity index (χ0n) is 13.7. The molecule has 1 atom stereocenters. The second-order valence-electron chi connectivity index (χ2n) is 6.14. The monoisotopic (exact) mass is 317 g/mol. The van der Waals surface area contributed by atoms with E-state index in [4.69, 9.17) is 0 Å². The summed E-state index contributed by atoms with van der Waals surface area (Å²) in [5.41, 5.74) is 2.39. The van der Waals surface area contributed by atoms with Crippen LogP contribution in [0, 0.1) is 31.1 Å². The number of likely N-dealkylation sites (tertiary alicyclic amines) is 1. The van der Waals surface area contributed by atoms with Crippen LogP contribution in [0.3, 0.4) is 0 Å². The highest BCUT2D eigenvalue weighted by Crippen LogP contribution is 2.29. The third-order valence-electron chi connectivity index (χ3n) is 4.15. The van der Waals surface area contributed by atoms with Crippen molar-refractivity contribution in [2.45, 2.75) is 50.8 Å². The summed E-state index contributed by atoms with van der Waals surface area (Å²) in [5.74, 6) is 0.861. The van der Waals surface area contributed by atoms with Crippen LogP contribution in [0.15, 0.2) is 11.1 Å². The topological polar surface area (TPSA) is 57.0 Å². The van der Waals surface area contributed by atoms with E-state index in [9.17, 15) is 10.1 Å². The third kappa shape index (κ3) is 3.80. The average Bonchev–Trinajstić information content (AvgIpc) is 2.47. The summed E-state index contributed by atoms with van der Waals surface area (Å²) in [7, 11) is 0. The summed E-state index contributed by atoms with van der Waals surface area (Å²) in [4.78, 5) is 19.0. The normalized spacial score (nSPS) is 17.1. The Morgan fingerprint density at radius 1 is 1.45 bits per heavy atom. The van der Waals surface area contributed by atoms with Crippen molar-refractivity contribution >= 4 is 17.7 Å². The Hall–Kier alpha value is -1.54. The number of carbonyl (C=O) groups excluding carboxylic acids is 1. The highest BCUT2D eigenvalue weighted by atomic mass is 32.2. The van der Waals surface area contributed by atoms with Gasteiger partial charge in [-0.3, -0.25) is 4.79 Å². The first-order valence-electron chi connectivity index (χ1n) is 7.76. The van der Waals surface area contributed by atoms with Crippen molar-refractivity contribution in [3.63, 3.8) is 0 Å². The van der Waals surface area contributed by atoms with Gasteiger partial charge in [-0.2, -0.15) is 5.26 Å². The van der Waals surface area contributed by atoms with Gasteiger partial charge in [0.05, 0.1) is 10.8 Å². The lowest BCUT2D eigenvalue weighted by molar-refractivity contribution is -0.131. The van der Waals surface area contributed by atoms with Crippen molar-refractivity contribution < 1.29 is 4.79 Å². The summed E-state index contributed by atoms with van der Waals surface area (Å²) in [5, 5.41) is 9.78. The molecular weight excluding hydrogens is 294 g/mol. The van der Waals surface area contributed by atoms with Crippen LogP contribution in [-0.2, 0) is 4.79 Å². The van der Waals surface area contributed by atoms with Gasteiger partial charge in [-0.15, -0.1) is 0 Å². The summed E-state index contributed by atoms with van der Waals surface area (Å²) in [6, 6.07) is 4.12. The molecule has 118 valence electrons. The van der Waals surface area contributed by atoms with Gasteiger partial charge in [0.15, 0.2) is 0 Å². The van der Waals surface area contributed by atoms with Gasteiger partial charge in [-0.1, -0.05) is 18.7 Å². The maximum absolute atomic E-state index is 12.6. The minimum Gasteiger partial charge on any atom is -0.342 e. The second kappa shape index (κ2) is 7.15. The molecule has 0 bridgehead atoms. The molecule has 1 aromatic heterocycles. The molecule has 0 aliphatic carbocycles. The lowest BCUT2D eigenvalue weighted by Crippen LogP contribution is -2.41. The molecule has 1 aliphatic rings. The van der Waals surface area contributed by atoms with Crippen LogP contribution >= 0.6 is 11.8 Å². The molecule has 22 heavy (non-hydrogen) atoms. The molecule has 1 aliphatic heterocycles. The Kier molecular flexibility index (Phi) is 5.47. The fraction of sp³-hybridized carbons (Fsp3) is 0.588. The molecule has 0 saturated carbocycles. The van der Waals surface area contributed by atoms with Crippen LogP contribution < -0.4 is 0 Å². The molecule has 1 saturated heterocycles. The van der Waals surface area contributed by atoms with Crippen LogP contribution in [0.25, 0.3) is 0 Å². The van der Waals surface area contributed by atoms with Crippen LogP contribution in [0.2, 0.25) is 0 Å². The van der Waals surface area contributed by atoms with E-state index in [1.54, 1.807) is 0 Å². The highest BCUT2D eigenvalue weighted by molar-refractivity contribution is 8.00. The molecule has 0 aromatic carbocycles. The summed E-state index contributed by atoms with van der Waals surface area (Å²) in [6.45, 7) is 9.66. The third-order valence-corrected chi connectivity index (χ3v) is 5.23. The molecule has 1 fully saturated rings. The van der Waals surface area contributed by atoms with Gasteiger partial charge in [0, 0.05) is 18.8 Å². The number of nitriles is 1. The van der Waals surface area contributed by atoms with Gasteiger partial charge in [-0.05, 0) is 51.2 Å². The van der Waals surface area contributed by atoms with E-state index in [1.165, 1.54) is 11.8 Å². The fourth-order valence-corrected chi connectivity index (χ4v) is 3.83. The number of carbonyl (C=O) groups is 1. The zero-order chi connectivity index (χ0) is 16.3. The second-order valence-corrected chi connectivity index (χ2v) is 7.47. The van der Waals surface area contributed by atoms with Gasteiger partial charge < -0.3 is 4.90 Å². The van der Waals surface area contributed by atoms with Crippen LogP contribution in [0.1, 0.15) is 43.5 Å². The first-order chi connectivity index (χ1) is 10.4. The highest BCUT2D eigenvalue weighted by Gasteiger charge is 2.26. The molecule has 1 unspecified atom stereocenters.